The maximum absolute atomic E-state index is 11.2. The number of ether oxygens (including phenoxy) is 1. The van der Waals surface area contributed by atoms with Crippen molar-refractivity contribution in [3.8, 4) is 0 Å². The lowest BCUT2D eigenvalue weighted by atomic mass is 10.2. The number of hydrogen-bond acceptors (Lipinski definition) is 5. The molecule has 0 N–H and O–H groups in total. The molecule has 1 saturated heterocycles. The first-order chi connectivity index (χ1) is 6.63. The van der Waals surface area contributed by atoms with E-state index in [9.17, 15) is 9.59 Å². The Bertz CT molecular complexity index is 230. The quantitative estimate of drug-likeness (QED) is 0.526. The highest BCUT2D eigenvalue weighted by molar-refractivity contribution is 7.48. The second kappa shape index (κ2) is 5.27. The fourth-order valence-electron chi connectivity index (χ4n) is 1.07. The van der Waals surface area contributed by atoms with Crippen LogP contribution in [0.15, 0.2) is 0 Å². The summed E-state index contributed by atoms with van der Waals surface area (Å²) in [5, 5.41) is 0. The van der Waals surface area contributed by atoms with Gasteiger partial charge in [-0.25, -0.2) is 0 Å². The summed E-state index contributed by atoms with van der Waals surface area (Å²) in [5.41, 5.74) is 0. The normalized spacial score (nSPS) is 25.9. The van der Waals surface area contributed by atoms with E-state index >= 15 is 0 Å². The lowest BCUT2D eigenvalue weighted by Crippen LogP contribution is -2.19. The van der Waals surface area contributed by atoms with Crippen molar-refractivity contribution >= 4 is 20.3 Å². The summed E-state index contributed by atoms with van der Waals surface area (Å²) in [5.74, 6) is -0.925. The number of hydrogen-bond donors (Lipinski definition) is 0. The van der Waals surface area contributed by atoms with Gasteiger partial charge in [0.15, 0.2) is 0 Å². The van der Waals surface area contributed by atoms with Crippen molar-refractivity contribution in [3.05, 3.63) is 0 Å². The molecular formula is C8H13O5P. The largest absolute Gasteiger partial charge is 0.466 e. The van der Waals surface area contributed by atoms with Crippen LogP contribution in [0.2, 0.25) is 0 Å². The van der Waals surface area contributed by atoms with E-state index < -0.39 is 8.38 Å². The first-order valence-corrected chi connectivity index (χ1v) is 5.75. The van der Waals surface area contributed by atoms with Gasteiger partial charge >= 0.3 is 11.9 Å². The Balaban J connectivity index is 2.33. The third-order valence-corrected chi connectivity index (χ3v) is 3.28. The molecule has 0 aliphatic carbocycles. The molecule has 1 fully saturated rings. The number of carbonyl (C=O) groups is 2. The summed E-state index contributed by atoms with van der Waals surface area (Å²) in [6.45, 7) is 3.73. The highest BCUT2D eigenvalue weighted by Crippen LogP contribution is 2.46. The fraction of sp³-hybridized carbons (Fsp3) is 0.750. The van der Waals surface area contributed by atoms with Crippen molar-refractivity contribution in [3.63, 3.8) is 0 Å². The Morgan fingerprint density at radius 2 is 2.29 bits per heavy atom. The summed E-state index contributed by atoms with van der Waals surface area (Å²) in [4.78, 5) is 21.8. The van der Waals surface area contributed by atoms with Gasteiger partial charge < -0.3 is 13.8 Å². The Morgan fingerprint density at radius 1 is 1.57 bits per heavy atom. The Labute approximate surface area is 83.6 Å². The predicted molar refractivity (Wildman–Crippen MR) is 49.6 cm³/mol. The SMILES string of the molecule is CCOC(=O)C1COP(OC(C)=O)C1. The topological polar surface area (TPSA) is 61.8 Å². The van der Waals surface area contributed by atoms with E-state index in [1.807, 2.05) is 0 Å². The standard InChI is InChI=1S/C8H13O5P/c1-3-11-8(10)7-4-12-14(5-7)13-6(2)9/h7H,3-5H2,1-2H3. The molecule has 2 unspecified atom stereocenters. The van der Waals surface area contributed by atoms with Gasteiger partial charge in [0.2, 0.25) is 8.38 Å². The van der Waals surface area contributed by atoms with Gasteiger partial charge in [-0.3, -0.25) is 9.59 Å². The lowest BCUT2D eigenvalue weighted by molar-refractivity contribution is -0.147. The second-order valence-corrected chi connectivity index (χ2v) is 4.31. The van der Waals surface area contributed by atoms with Gasteiger partial charge in [-0.1, -0.05) is 0 Å². The minimum Gasteiger partial charge on any atom is -0.466 e. The number of rotatable bonds is 3. The average molecular weight is 220 g/mol. The first-order valence-electron chi connectivity index (χ1n) is 4.39. The molecule has 0 saturated carbocycles. The molecule has 0 bridgehead atoms. The van der Waals surface area contributed by atoms with Crippen LogP contribution in [0.25, 0.3) is 0 Å². The van der Waals surface area contributed by atoms with E-state index in [2.05, 4.69) is 0 Å². The summed E-state index contributed by atoms with van der Waals surface area (Å²) < 4.78 is 14.9. The molecule has 5 nitrogen and oxygen atoms in total. The Kier molecular flexibility index (Phi) is 4.29. The Hall–Kier alpha value is -0.670. The third-order valence-electron chi connectivity index (χ3n) is 1.64. The summed E-state index contributed by atoms with van der Waals surface area (Å²) >= 11 is 0. The van der Waals surface area contributed by atoms with Gasteiger partial charge in [0.1, 0.15) is 0 Å². The minimum absolute atomic E-state index is 0.273. The van der Waals surface area contributed by atoms with Crippen molar-refractivity contribution in [2.24, 2.45) is 5.92 Å². The molecule has 1 rings (SSSR count). The highest BCUT2D eigenvalue weighted by Gasteiger charge is 2.34. The molecule has 0 aromatic rings. The van der Waals surface area contributed by atoms with Crippen LogP contribution >= 0.6 is 8.38 Å². The maximum atomic E-state index is 11.2. The van der Waals surface area contributed by atoms with Crippen LogP contribution in [-0.4, -0.2) is 31.3 Å². The smallest absolute Gasteiger partial charge is 0.311 e. The molecule has 6 heteroatoms. The van der Waals surface area contributed by atoms with E-state index in [-0.39, 0.29) is 24.5 Å². The zero-order valence-corrected chi connectivity index (χ0v) is 9.08. The molecular weight excluding hydrogens is 207 g/mol. The predicted octanol–water partition coefficient (Wildman–Crippen LogP) is 1.07. The van der Waals surface area contributed by atoms with Gasteiger partial charge in [-0.05, 0) is 6.92 Å². The van der Waals surface area contributed by atoms with Crippen molar-refractivity contribution in [1.82, 2.24) is 0 Å². The highest BCUT2D eigenvalue weighted by atomic mass is 31.2. The van der Waals surface area contributed by atoms with Crippen LogP contribution in [0.4, 0.5) is 0 Å². The first kappa shape index (κ1) is 11.4. The monoisotopic (exact) mass is 220 g/mol. The van der Waals surface area contributed by atoms with Gasteiger partial charge in [0.05, 0.1) is 19.1 Å². The second-order valence-electron chi connectivity index (χ2n) is 2.84. The molecule has 1 heterocycles. The van der Waals surface area contributed by atoms with E-state index in [1.54, 1.807) is 6.92 Å². The molecule has 0 spiro atoms. The zero-order valence-electron chi connectivity index (χ0n) is 8.19. The van der Waals surface area contributed by atoms with Gasteiger partial charge in [0.25, 0.3) is 0 Å². The van der Waals surface area contributed by atoms with E-state index in [0.717, 1.165) is 0 Å². The molecule has 0 aromatic carbocycles. The summed E-state index contributed by atoms with van der Waals surface area (Å²) in [6, 6.07) is 0. The van der Waals surface area contributed by atoms with Gasteiger partial charge in [-0.2, -0.15) is 0 Å². The fourth-order valence-corrected chi connectivity index (χ4v) is 2.55. The molecule has 2 atom stereocenters. The van der Waals surface area contributed by atoms with Crippen molar-refractivity contribution in [1.29, 1.82) is 0 Å². The zero-order chi connectivity index (χ0) is 10.6. The molecule has 0 aromatic heterocycles. The summed E-state index contributed by atoms with van der Waals surface area (Å²) in [7, 11) is -1.22. The van der Waals surface area contributed by atoms with Crippen LogP contribution in [0.3, 0.4) is 0 Å². The van der Waals surface area contributed by atoms with Crippen LogP contribution in [0.1, 0.15) is 13.8 Å². The van der Waals surface area contributed by atoms with E-state index in [1.165, 1.54) is 6.92 Å². The number of carbonyl (C=O) groups excluding carboxylic acids is 2. The van der Waals surface area contributed by atoms with Crippen molar-refractivity contribution in [2.75, 3.05) is 19.4 Å². The molecule has 14 heavy (non-hydrogen) atoms. The Morgan fingerprint density at radius 3 is 2.86 bits per heavy atom. The van der Waals surface area contributed by atoms with E-state index in [0.29, 0.717) is 12.8 Å². The average Bonchev–Trinajstić information content (AvgIpc) is 2.52. The minimum atomic E-state index is -1.22. The van der Waals surface area contributed by atoms with Crippen LogP contribution in [-0.2, 0) is 23.4 Å². The number of esters is 1. The summed E-state index contributed by atoms with van der Waals surface area (Å²) in [6.07, 6.45) is 0.452. The van der Waals surface area contributed by atoms with E-state index in [4.69, 9.17) is 13.8 Å². The van der Waals surface area contributed by atoms with Crippen molar-refractivity contribution < 1.29 is 23.4 Å². The van der Waals surface area contributed by atoms with Crippen molar-refractivity contribution in [2.45, 2.75) is 13.8 Å². The molecule has 0 radical (unpaired) electrons. The van der Waals surface area contributed by atoms with Crippen LogP contribution < -0.4 is 0 Å². The molecule has 1 aliphatic heterocycles. The third kappa shape index (κ3) is 3.24. The van der Waals surface area contributed by atoms with Gasteiger partial charge in [0, 0.05) is 13.1 Å². The molecule has 0 amide bonds. The van der Waals surface area contributed by atoms with Gasteiger partial charge in [-0.15, -0.1) is 0 Å². The maximum Gasteiger partial charge on any atom is 0.311 e. The molecule has 1 aliphatic rings. The molecule has 80 valence electrons. The lowest BCUT2D eigenvalue weighted by Gasteiger charge is -2.07. The van der Waals surface area contributed by atoms with Crippen LogP contribution in [0.5, 0.6) is 0 Å². The van der Waals surface area contributed by atoms with Crippen LogP contribution in [0, 0.1) is 5.92 Å².